The van der Waals surface area contributed by atoms with Gasteiger partial charge in [-0.05, 0) is 41.1 Å². The van der Waals surface area contributed by atoms with Crippen molar-refractivity contribution >= 4 is 29.0 Å². The Balaban J connectivity index is 1.24. The predicted molar refractivity (Wildman–Crippen MR) is 122 cm³/mol. The minimum Gasteiger partial charge on any atom is -0.486 e. The molecule has 32 heavy (non-hydrogen) atoms. The molecule has 0 bridgehead atoms. The van der Waals surface area contributed by atoms with Gasteiger partial charge in [-0.15, -0.1) is 11.3 Å². The van der Waals surface area contributed by atoms with Gasteiger partial charge in [0.1, 0.15) is 13.2 Å². The number of thiophene rings is 1. The van der Waals surface area contributed by atoms with E-state index in [4.69, 9.17) is 9.47 Å². The number of amides is 3. The lowest BCUT2D eigenvalue weighted by molar-refractivity contribution is -0.121. The number of hydrogen-bond donors (Lipinski definition) is 2. The van der Waals surface area contributed by atoms with E-state index in [1.807, 2.05) is 18.2 Å². The van der Waals surface area contributed by atoms with Gasteiger partial charge in [0, 0.05) is 23.2 Å². The summed E-state index contributed by atoms with van der Waals surface area (Å²) in [6, 6.07) is 16.9. The Morgan fingerprint density at radius 3 is 2.69 bits per heavy atom. The summed E-state index contributed by atoms with van der Waals surface area (Å²) in [7, 11) is 0. The zero-order valence-corrected chi connectivity index (χ0v) is 18.2. The second-order valence-electron chi connectivity index (χ2n) is 7.69. The van der Waals surface area contributed by atoms with Crippen molar-refractivity contribution < 1.29 is 19.1 Å². The summed E-state index contributed by atoms with van der Waals surface area (Å²) in [5.41, 5.74) is 2.91. The minimum atomic E-state index is -0.573. The number of rotatable bonds is 4. The molecule has 0 fully saturated rings. The fourth-order valence-electron chi connectivity index (χ4n) is 4.20. The zero-order valence-electron chi connectivity index (χ0n) is 17.4. The zero-order chi connectivity index (χ0) is 21.9. The maximum Gasteiger partial charge on any atom is 0.325 e. The minimum absolute atomic E-state index is 0.00203. The third kappa shape index (κ3) is 4.32. The first-order valence-corrected chi connectivity index (χ1v) is 11.4. The van der Waals surface area contributed by atoms with Crippen LogP contribution in [-0.4, -0.2) is 43.1 Å². The average Bonchev–Trinajstić information content (AvgIpc) is 3.28. The second kappa shape index (κ2) is 9.02. The number of fused-ring (bicyclic) bond motifs is 2. The van der Waals surface area contributed by atoms with Gasteiger partial charge in [0.25, 0.3) is 0 Å². The summed E-state index contributed by atoms with van der Waals surface area (Å²) in [6.45, 7) is 1.85. The van der Waals surface area contributed by atoms with Crippen molar-refractivity contribution in [2.45, 2.75) is 12.5 Å². The van der Waals surface area contributed by atoms with E-state index in [1.54, 1.807) is 29.5 Å². The summed E-state index contributed by atoms with van der Waals surface area (Å²) in [6.07, 6.45) is 0.896. The highest BCUT2D eigenvalue weighted by Gasteiger charge is 2.31. The molecule has 1 unspecified atom stereocenters. The van der Waals surface area contributed by atoms with E-state index in [1.165, 1.54) is 10.4 Å². The van der Waals surface area contributed by atoms with Crippen LogP contribution in [0.5, 0.6) is 11.5 Å². The smallest absolute Gasteiger partial charge is 0.325 e. The molecular formula is C24H23N3O4S. The van der Waals surface area contributed by atoms with Gasteiger partial charge in [0.05, 0.1) is 12.6 Å². The van der Waals surface area contributed by atoms with Gasteiger partial charge < -0.3 is 14.8 Å². The quantitative estimate of drug-likeness (QED) is 0.633. The van der Waals surface area contributed by atoms with Crippen LogP contribution in [0.3, 0.4) is 0 Å². The Bertz CT molecular complexity index is 1130. The van der Waals surface area contributed by atoms with Crippen LogP contribution < -0.4 is 20.1 Å². The molecule has 2 aliphatic rings. The molecule has 3 aromatic rings. The van der Waals surface area contributed by atoms with E-state index in [2.05, 4.69) is 39.1 Å². The normalized spacial score (nSPS) is 17.3. The fraction of sp³-hybridized carbons (Fsp3) is 0.250. The number of nitrogens with zero attached hydrogens (tertiary/aromatic N) is 1. The van der Waals surface area contributed by atoms with E-state index in [0.717, 1.165) is 18.5 Å². The van der Waals surface area contributed by atoms with E-state index < -0.39 is 6.03 Å². The van der Waals surface area contributed by atoms with Gasteiger partial charge in [0.15, 0.2) is 11.5 Å². The molecular weight excluding hydrogens is 426 g/mol. The number of carbonyl (C=O) groups is 2. The first-order valence-electron chi connectivity index (χ1n) is 10.5. The van der Waals surface area contributed by atoms with E-state index in [9.17, 15) is 9.59 Å². The number of ether oxygens (including phenoxy) is 2. The Morgan fingerprint density at radius 1 is 1.03 bits per heavy atom. The Labute approximate surface area is 190 Å². The average molecular weight is 450 g/mol. The number of urea groups is 1. The van der Waals surface area contributed by atoms with E-state index in [0.29, 0.717) is 30.4 Å². The summed E-state index contributed by atoms with van der Waals surface area (Å²) < 4.78 is 11.0. The van der Waals surface area contributed by atoms with Crippen molar-refractivity contribution in [1.29, 1.82) is 0 Å². The van der Waals surface area contributed by atoms with Crippen molar-refractivity contribution in [1.82, 2.24) is 10.2 Å². The van der Waals surface area contributed by atoms with Crippen LogP contribution in [0.15, 0.2) is 60.0 Å². The van der Waals surface area contributed by atoms with Gasteiger partial charge >= 0.3 is 6.03 Å². The number of hydrogen-bond acceptors (Lipinski definition) is 6. The summed E-state index contributed by atoms with van der Waals surface area (Å²) in [5.74, 6) is 0.869. The van der Waals surface area contributed by atoms with Crippen molar-refractivity contribution in [3.05, 3.63) is 76.0 Å². The second-order valence-corrected chi connectivity index (χ2v) is 8.69. The highest BCUT2D eigenvalue weighted by Crippen LogP contribution is 2.37. The summed E-state index contributed by atoms with van der Waals surface area (Å²) in [5, 5.41) is 7.24. The van der Waals surface area contributed by atoms with Crippen LogP contribution in [0, 0.1) is 0 Å². The fourth-order valence-corrected chi connectivity index (χ4v) is 5.10. The molecule has 0 saturated heterocycles. The summed E-state index contributed by atoms with van der Waals surface area (Å²) in [4.78, 5) is 28.6. The van der Waals surface area contributed by atoms with Crippen LogP contribution in [0.2, 0.25) is 0 Å². The molecule has 7 nitrogen and oxygen atoms in total. The molecule has 2 aromatic carbocycles. The SMILES string of the molecule is O=C(CN1CCc2sccc2C1c1ccccc1)NC(=O)Nc1ccc2c(c1)OCCO2. The molecule has 2 N–H and O–H groups in total. The number of benzene rings is 2. The number of nitrogens with one attached hydrogen (secondary N) is 2. The van der Waals surface area contributed by atoms with E-state index in [-0.39, 0.29) is 18.5 Å². The molecule has 2 aliphatic heterocycles. The number of anilines is 1. The Morgan fingerprint density at radius 2 is 1.84 bits per heavy atom. The third-order valence-corrected chi connectivity index (χ3v) is 6.58. The monoisotopic (exact) mass is 449 g/mol. The van der Waals surface area contributed by atoms with Crippen molar-refractivity contribution in [3.63, 3.8) is 0 Å². The first-order chi connectivity index (χ1) is 15.7. The Hall–Kier alpha value is -3.36. The van der Waals surface area contributed by atoms with Crippen molar-refractivity contribution in [2.24, 2.45) is 0 Å². The molecule has 0 aliphatic carbocycles. The maximum absolute atomic E-state index is 12.7. The van der Waals surface area contributed by atoms with Crippen molar-refractivity contribution in [3.8, 4) is 11.5 Å². The first kappa shape index (κ1) is 20.5. The highest BCUT2D eigenvalue weighted by atomic mass is 32.1. The van der Waals surface area contributed by atoms with Crippen LogP contribution >= 0.6 is 11.3 Å². The lowest BCUT2D eigenvalue weighted by Gasteiger charge is -2.35. The molecule has 164 valence electrons. The number of carbonyl (C=O) groups excluding carboxylic acids is 2. The Kier molecular flexibility index (Phi) is 5.79. The molecule has 0 saturated carbocycles. The predicted octanol–water partition coefficient (Wildman–Crippen LogP) is 3.82. The lowest BCUT2D eigenvalue weighted by Crippen LogP contribution is -2.45. The van der Waals surface area contributed by atoms with Crippen LogP contribution in [0.4, 0.5) is 10.5 Å². The van der Waals surface area contributed by atoms with Gasteiger partial charge in [-0.1, -0.05) is 30.3 Å². The topological polar surface area (TPSA) is 79.9 Å². The largest absolute Gasteiger partial charge is 0.486 e. The molecule has 0 spiro atoms. The lowest BCUT2D eigenvalue weighted by atomic mass is 9.93. The van der Waals surface area contributed by atoms with Crippen LogP contribution in [0.1, 0.15) is 22.0 Å². The maximum atomic E-state index is 12.7. The van der Waals surface area contributed by atoms with Crippen LogP contribution in [-0.2, 0) is 11.2 Å². The number of imide groups is 1. The summed E-state index contributed by atoms with van der Waals surface area (Å²) >= 11 is 1.76. The molecule has 3 amide bonds. The van der Waals surface area contributed by atoms with E-state index >= 15 is 0 Å². The van der Waals surface area contributed by atoms with Crippen molar-refractivity contribution in [2.75, 3.05) is 31.6 Å². The van der Waals surface area contributed by atoms with Gasteiger partial charge in [0.2, 0.25) is 5.91 Å². The molecule has 8 heteroatoms. The van der Waals surface area contributed by atoms with Crippen LogP contribution in [0.25, 0.3) is 0 Å². The molecule has 5 rings (SSSR count). The molecule has 1 atom stereocenters. The molecule has 3 heterocycles. The van der Waals surface area contributed by atoms with Gasteiger partial charge in [-0.2, -0.15) is 0 Å². The standard InChI is InChI=1S/C24H23N3O4S/c28-22(26-24(29)25-17-6-7-19-20(14-17)31-12-11-30-19)15-27-10-8-21-18(9-13-32-21)23(27)16-4-2-1-3-5-16/h1-7,9,13-14,23H,8,10-12,15H2,(H2,25,26,28,29). The molecule has 0 radical (unpaired) electrons. The highest BCUT2D eigenvalue weighted by molar-refractivity contribution is 7.10. The third-order valence-electron chi connectivity index (χ3n) is 5.58. The molecule has 1 aromatic heterocycles. The van der Waals surface area contributed by atoms with Gasteiger partial charge in [-0.3, -0.25) is 15.0 Å². The van der Waals surface area contributed by atoms with Gasteiger partial charge in [-0.25, -0.2) is 4.79 Å².